The van der Waals surface area contributed by atoms with Gasteiger partial charge in [-0.3, -0.25) is 0 Å². The van der Waals surface area contributed by atoms with Crippen LogP contribution in [0.1, 0.15) is 12.8 Å². The van der Waals surface area contributed by atoms with Gasteiger partial charge in [0.05, 0.1) is 16.8 Å². The Kier molecular flexibility index (Phi) is 4.48. The molecule has 2 heterocycles. The van der Waals surface area contributed by atoms with Gasteiger partial charge in [0.15, 0.2) is 9.84 Å². The van der Waals surface area contributed by atoms with Crippen molar-refractivity contribution in [3.63, 3.8) is 0 Å². The summed E-state index contributed by atoms with van der Waals surface area (Å²) in [6.45, 7) is 1.02. The average Bonchev–Trinajstić information content (AvgIpc) is 3.07. The minimum Gasteiger partial charge on any atom is -0.347 e. The van der Waals surface area contributed by atoms with E-state index in [2.05, 4.69) is 9.29 Å². The van der Waals surface area contributed by atoms with Gasteiger partial charge in [0.1, 0.15) is 0 Å². The van der Waals surface area contributed by atoms with Crippen molar-refractivity contribution >= 4 is 30.8 Å². The molecular weight excluding hydrogens is 336 g/mol. The Morgan fingerprint density at radius 1 is 1.22 bits per heavy atom. The Hall–Kier alpha value is -1.38. The van der Waals surface area contributed by atoms with Crippen molar-refractivity contribution in [1.29, 1.82) is 0 Å². The first-order chi connectivity index (χ1) is 10.9. The molecule has 1 unspecified atom stereocenters. The van der Waals surface area contributed by atoms with Gasteiger partial charge in [0.25, 0.3) is 0 Å². The third-order valence-corrected chi connectivity index (χ3v) is 8.05. The van der Waals surface area contributed by atoms with Crippen LogP contribution in [0.5, 0.6) is 0 Å². The highest BCUT2D eigenvalue weighted by Crippen LogP contribution is 2.18. The number of hydrogen-bond donors (Lipinski definition) is 1. The lowest BCUT2D eigenvalue weighted by atomic mass is 10.2. The molecule has 0 bridgehead atoms. The van der Waals surface area contributed by atoms with E-state index in [1.165, 1.54) is 0 Å². The molecule has 6 nitrogen and oxygen atoms in total. The number of benzene rings is 1. The molecular formula is C15H20N2O4S2. The van der Waals surface area contributed by atoms with Crippen LogP contribution in [-0.4, -0.2) is 44.7 Å². The summed E-state index contributed by atoms with van der Waals surface area (Å²) >= 11 is 0. The molecule has 0 aliphatic carbocycles. The molecule has 0 spiro atoms. The second-order valence-electron chi connectivity index (χ2n) is 5.89. The minimum atomic E-state index is -3.55. The summed E-state index contributed by atoms with van der Waals surface area (Å²) in [5.41, 5.74) is 1.12. The molecule has 3 rings (SSSR count). The van der Waals surface area contributed by atoms with Crippen LogP contribution in [0.15, 0.2) is 36.5 Å². The average molecular weight is 356 g/mol. The third kappa shape index (κ3) is 3.76. The molecule has 23 heavy (non-hydrogen) atoms. The minimum absolute atomic E-state index is 0.0338. The molecule has 1 aromatic heterocycles. The van der Waals surface area contributed by atoms with E-state index in [1.54, 1.807) is 0 Å². The second-order valence-corrected chi connectivity index (χ2v) is 10.2. The highest BCUT2D eigenvalue weighted by molar-refractivity contribution is 7.95. The van der Waals surface area contributed by atoms with Crippen molar-refractivity contribution in [1.82, 2.24) is 9.29 Å². The van der Waals surface area contributed by atoms with E-state index >= 15 is 0 Å². The van der Waals surface area contributed by atoms with Gasteiger partial charge < -0.3 is 4.57 Å². The molecule has 0 amide bonds. The van der Waals surface area contributed by atoms with Crippen molar-refractivity contribution in [3.8, 4) is 0 Å². The Morgan fingerprint density at radius 3 is 2.74 bits per heavy atom. The highest BCUT2D eigenvalue weighted by Gasteiger charge is 2.36. The lowest BCUT2D eigenvalue weighted by Crippen LogP contribution is -2.35. The monoisotopic (exact) mass is 356 g/mol. The number of rotatable bonds is 6. The lowest BCUT2D eigenvalue weighted by molar-refractivity contribution is 0.560. The summed E-state index contributed by atoms with van der Waals surface area (Å²) in [5.74, 6) is -0.293. The van der Waals surface area contributed by atoms with E-state index in [4.69, 9.17) is 0 Å². The topological polar surface area (TPSA) is 85.2 Å². The van der Waals surface area contributed by atoms with Crippen molar-refractivity contribution < 1.29 is 16.8 Å². The molecule has 1 saturated heterocycles. The number of nitrogens with one attached hydrogen (secondary N) is 1. The fraction of sp³-hybridized carbons (Fsp3) is 0.467. The van der Waals surface area contributed by atoms with Crippen LogP contribution in [-0.2, 0) is 26.4 Å². The molecule has 1 N–H and O–H groups in total. The van der Waals surface area contributed by atoms with E-state index in [0.717, 1.165) is 10.9 Å². The summed E-state index contributed by atoms with van der Waals surface area (Å²) in [4.78, 5) is 0. The number of para-hydroxylation sites is 1. The third-order valence-electron chi connectivity index (χ3n) is 4.19. The normalized spacial score (nSPS) is 21.0. The summed E-state index contributed by atoms with van der Waals surface area (Å²) in [6, 6.07) is 10.1. The maximum atomic E-state index is 12.1. The van der Waals surface area contributed by atoms with Crippen LogP contribution in [0.25, 0.3) is 10.9 Å². The van der Waals surface area contributed by atoms with Crippen molar-refractivity contribution in [2.45, 2.75) is 24.6 Å². The van der Waals surface area contributed by atoms with Crippen LogP contribution in [0.4, 0.5) is 0 Å². The van der Waals surface area contributed by atoms with Gasteiger partial charge in [-0.2, -0.15) is 0 Å². The van der Waals surface area contributed by atoms with Gasteiger partial charge in [-0.05, 0) is 30.4 Å². The highest BCUT2D eigenvalue weighted by atomic mass is 32.2. The first kappa shape index (κ1) is 16.5. The predicted octanol–water partition coefficient (Wildman–Crippen LogP) is 1.14. The zero-order valence-corrected chi connectivity index (χ0v) is 14.3. The first-order valence-corrected chi connectivity index (χ1v) is 11.0. The van der Waals surface area contributed by atoms with Gasteiger partial charge in [0, 0.05) is 24.8 Å². The van der Waals surface area contributed by atoms with Crippen LogP contribution in [0.2, 0.25) is 0 Å². The molecule has 2 aromatic rings. The molecule has 1 aliphatic rings. The summed E-state index contributed by atoms with van der Waals surface area (Å²) in [7, 11) is -6.75. The SMILES string of the molecule is O=S1(=O)CCC(S(=O)(=O)NCCCn2ccc3ccccc32)C1. The molecule has 1 fully saturated rings. The zero-order chi connectivity index (χ0) is 16.5. The van der Waals surface area contributed by atoms with E-state index < -0.39 is 25.1 Å². The van der Waals surface area contributed by atoms with Gasteiger partial charge in [0.2, 0.25) is 10.0 Å². The standard InChI is InChI=1S/C15H20N2O4S2/c18-22(19)11-7-14(12-22)23(20,21)16-8-3-9-17-10-6-13-4-1-2-5-15(13)17/h1-2,4-6,10,14,16H,3,7-9,11-12H2. The molecule has 0 radical (unpaired) electrons. The van der Waals surface area contributed by atoms with E-state index in [9.17, 15) is 16.8 Å². The second kappa shape index (κ2) is 6.26. The van der Waals surface area contributed by atoms with Gasteiger partial charge in [-0.1, -0.05) is 18.2 Å². The van der Waals surface area contributed by atoms with Crippen LogP contribution >= 0.6 is 0 Å². The fourth-order valence-corrected chi connectivity index (χ4v) is 7.05. The number of aromatic nitrogens is 1. The number of aryl methyl sites for hydroxylation is 1. The Bertz CT molecular complexity index is 900. The quantitative estimate of drug-likeness (QED) is 0.787. The van der Waals surface area contributed by atoms with Gasteiger partial charge >= 0.3 is 0 Å². The van der Waals surface area contributed by atoms with E-state index in [1.807, 2.05) is 36.5 Å². The molecule has 1 atom stereocenters. The number of sulfonamides is 1. The molecule has 0 saturated carbocycles. The predicted molar refractivity (Wildman–Crippen MR) is 90.5 cm³/mol. The summed E-state index contributed by atoms with van der Waals surface area (Å²) < 4.78 is 51.7. The van der Waals surface area contributed by atoms with Crippen LogP contribution < -0.4 is 4.72 Å². The van der Waals surface area contributed by atoms with Gasteiger partial charge in [-0.25, -0.2) is 21.6 Å². The maximum Gasteiger partial charge on any atom is 0.215 e. The van der Waals surface area contributed by atoms with E-state index in [0.29, 0.717) is 19.5 Å². The number of fused-ring (bicyclic) bond motifs is 1. The largest absolute Gasteiger partial charge is 0.347 e. The number of sulfone groups is 1. The van der Waals surface area contributed by atoms with Crippen molar-refractivity contribution in [2.75, 3.05) is 18.1 Å². The van der Waals surface area contributed by atoms with Crippen LogP contribution in [0.3, 0.4) is 0 Å². The maximum absolute atomic E-state index is 12.1. The van der Waals surface area contributed by atoms with Crippen molar-refractivity contribution in [2.24, 2.45) is 0 Å². The van der Waals surface area contributed by atoms with E-state index in [-0.39, 0.29) is 17.9 Å². The fourth-order valence-electron chi connectivity index (χ4n) is 2.92. The molecule has 8 heteroatoms. The Morgan fingerprint density at radius 2 is 2.00 bits per heavy atom. The Labute approximate surface area is 136 Å². The lowest BCUT2D eigenvalue weighted by Gasteiger charge is -2.12. The Balaban J connectivity index is 1.53. The molecule has 1 aromatic carbocycles. The smallest absolute Gasteiger partial charge is 0.215 e. The van der Waals surface area contributed by atoms with Gasteiger partial charge in [-0.15, -0.1) is 0 Å². The molecule has 126 valence electrons. The zero-order valence-electron chi connectivity index (χ0n) is 12.7. The molecule has 1 aliphatic heterocycles. The summed E-state index contributed by atoms with van der Waals surface area (Å²) in [6.07, 6.45) is 2.83. The summed E-state index contributed by atoms with van der Waals surface area (Å²) in [5, 5.41) is 0.351. The van der Waals surface area contributed by atoms with Crippen molar-refractivity contribution in [3.05, 3.63) is 36.5 Å². The number of nitrogens with zero attached hydrogens (tertiary/aromatic N) is 1. The van der Waals surface area contributed by atoms with Crippen LogP contribution in [0, 0.1) is 0 Å². The number of hydrogen-bond acceptors (Lipinski definition) is 4. The first-order valence-electron chi connectivity index (χ1n) is 7.60.